The summed E-state index contributed by atoms with van der Waals surface area (Å²) in [5.41, 5.74) is 0.683. The van der Waals surface area contributed by atoms with Gasteiger partial charge < -0.3 is 0 Å². The summed E-state index contributed by atoms with van der Waals surface area (Å²) in [6.07, 6.45) is 0.814. The van der Waals surface area contributed by atoms with Gasteiger partial charge in [-0.25, -0.2) is 0 Å². The molecule has 0 saturated heterocycles. The number of ketones is 1. The van der Waals surface area contributed by atoms with Crippen LogP contribution < -0.4 is 5.56 Å². The molecule has 0 unspecified atom stereocenters. The highest BCUT2D eigenvalue weighted by Crippen LogP contribution is 2.23. The van der Waals surface area contributed by atoms with E-state index in [1.807, 2.05) is 18.2 Å². The second-order valence-corrected chi connectivity index (χ2v) is 8.74. The molecular formula is C22H21N5O4S. The van der Waals surface area contributed by atoms with Crippen molar-refractivity contribution < 1.29 is 9.72 Å². The van der Waals surface area contributed by atoms with Crippen LogP contribution in [-0.4, -0.2) is 35.6 Å². The zero-order valence-electron chi connectivity index (χ0n) is 17.6. The first kappa shape index (κ1) is 21.7. The molecule has 0 saturated carbocycles. The van der Waals surface area contributed by atoms with Crippen molar-refractivity contribution in [3.63, 3.8) is 0 Å². The number of carbonyl (C=O) groups excluding carboxylic acids is 1. The Morgan fingerprint density at radius 1 is 1.16 bits per heavy atom. The van der Waals surface area contributed by atoms with Gasteiger partial charge in [-0.2, -0.15) is 0 Å². The Bertz CT molecular complexity index is 1390. The Morgan fingerprint density at radius 2 is 1.94 bits per heavy atom. The number of nitro groups is 1. The quantitative estimate of drug-likeness (QED) is 0.172. The van der Waals surface area contributed by atoms with Gasteiger partial charge in [0.2, 0.25) is 5.78 Å². The molecule has 0 amide bonds. The van der Waals surface area contributed by atoms with E-state index >= 15 is 0 Å². The minimum absolute atomic E-state index is 0.0292. The molecule has 0 fully saturated rings. The van der Waals surface area contributed by atoms with Crippen molar-refractivity contribution in [1.29, 1.82) is 0 Å². The van der Waals surface area contributed by atoms with Crippen LogP contribution in [0.1, 0.15) is 30.6 Å². The number of non-ortho nitro benzene ring substituents is 1. The second-order valence-electron chi connectivity index (χ2n) is 7.79. The van der Waals surface area contributed by atoms with Crippen LogP contribution in [-0.2, 0) is 6.54 Å². The van der Waals surface area contributed by atoms with Crippen molar-refractivity contribution in [3.05, 3.63) is 74.6 Å². The molecule has 0 aliphatic carbocycles. The molecule has 0 spiro atoms. The summed E-state index contributed by atoms with van der Waals surface area (Å²) < 4.78 is 3.42. The van der Waals surface area contributed by atoms with E-state index in [4.69, 9.17) is 0 Å². The fourth-order valence-electron chi connectivity index (χ4n) is 3.42. The van der Waals surface area contributed by atoms with Gasteiger partial charge in [0.05, 0.1) is 21.6 Å². The lowest BCUT2D eigenvalue weighted by Crippen LogP contribution is -2.24. The molecule has 9 nitrogen and oxygen atoms in total. The lowest BCUT2D eigenvalue weighted by molar-refractivity contribution is -0.384. The molecule has 10 heteroatoms. The Labute approximate surface area is 187 Å². The highest BCUT2D eigenvalue weighted by Gasteiger charge is 2.19. The van der Waals surface area contributed by atoms with Gasteiger partial charge in [0.1, 0.15) is 0 Å². The zero-order valence-corrected chi connectivity index (χ0v) is 18.4. The molecule has 2 aromatic carbocycles. The molecule has 2 heterocycles. The number of Topliss-reactive ketones (excluding diaryl/α,β-unsaturated/α-hetero) is 1. The van der Waals surface area contributed by atoms with Crippen LogP contribution >= 0.6 is 11.8 Å². The smallest absolute Gasteiger partial charge is 0.270 e. The number of carbonyl (C=O) groups is 1. The van der Waals surface area contributed by atoms with E-state index < -0.39 is 4.92 Å². The Hall–Kier alpha value is -3.53. The maximum Gasteiger partial charge on any atom is 0.270 e. The summed E-state index contributed by atoms with van der Waals surface area (Å²) in [4.78, 5) is 36.2. The van der Waals surface area contributed by atoms with Crippen LogP contribution in [0, 0.1) is 16.0 Å². The molecule has 2 aromatic heterocycles. The van der Waals surface area contributed by atoms with Crippen LogP contribution in [0.5, 0.6) is 0 Å². The van der Waals surface area contributed by atoms with Crippen molar-refractivity contribution in [3.8, 4) is 0 Å². The normalized spacial score (nSPS) is 11.5. The molecule has 0 aliphatic heterocycles. The topological polar surface area (TPSA) is 112 Å². The molecule has 4 rings (SSSR count). The van der Waals surface area contributed by atoms with Crippen molar-refractivity contribution >= 4 is 39.9 Å². The van der Waals surface area contributed by atoms with Gasteiger partial charge in [-0.1, -0.05) is 49.9 Å². The number of aromatic nitrogens is 4. The highest BCUT2D eigenvalue weighted by molar-refractivity contribution is 7.99. The van der Waals surface area contributed by atoms with E-state index in [-0.39, 0.29) is 28.3 Å². The van der Waals surface area contributed by atoms with Gasteiger partial charge in [0, 0.05) is 24.2 Å². The molecule has 4 aromatic rings. The van der Waals surface area contributed by atoms with E-state index in [9.17, 15) is 19.7 Å². The van der Waals surface area contributed by atoms with Gasteiger partial charge in [-0.15, -0.1) is 10.2 Å². The summed E-state index contributed by atoms with van der Waals surface area (Å²) in [6, 6.07) is 12.9. The molecule has 0 atom stereocenters. The highest BCUT2D eigenvalue weighted by atomic mass is 32.2. The lowest BCUT2D eigenvalue weighted by Gasteiger charge is -2.12. The molecule has 164 valence electrons. The fraction of sp³-hybridized carbons (Fsp3) is 0.273. The monoisotopic (exact) mass is 451 g/mol. The first-order chi connectivity index (χ1) is 15.4. The van der Waals surface area contributed by atoms with Gasteiger partial charge >= 0.3 is 0 Å². The standard InChI is InChI=1S/C22H21N5O4S/c1-14(2)10-11-25-20(29)17-8-3-4-9-18(17)26-21(25)23-24-22(26)32-13-19(28)15-6-5-7-16(12-15)27(30)31/h3-9,12,14H,10-11,13H2,1-2H3. The molecule has 0 aliphatic rings. The number of rotatable bonds is 8. The Balaban J connectivity index is 1.71. The predicted molar refractivity (Wildman–Crippen MR) is 122 cm³/mol. The summed E-state index contributed by atoms with van der Waals surface area (Å²) in [5, 5.41) is 20.5. The van der Waals surface area contributed by atoms with Crippen LogP contribution in [0.3, 0.4) is 0 Å². The second kappa shape index (κ2) is 8.91. The molecule has 0 bridgehead atoms. The zero-order chi connectivity index (χ0) is 22.8. The van der Waals surface area contributed by atoms with Gasteiger partial charge in [0.25, 0.3) is 11.2 Å². The molecule has 0 N–H and O–H groups in total. The number of aryl methyl sites for hydroxylation is 1. The number of hydrogen-bond acceptors (Lipinski definition) is 7. The van der Waals surface area contributed by atoms with E-state index in [1.165, 1.54) is 30.0 Å². The van der Waals surface area contributed by atoms with Crippen LogP contribution in [0.15, 0.2) is 58.5 Å². The number of nitro benzene ring substituents is 1. The summed E-state index contributed by atoms with van der Waals surface area (Å²) in [6.45, 7) is 4.70. The molecule has 32 heavy (non-hydrogen) atoms. The van der Waals surface area contributed by atoms with E-state index in [2.05, 4.69) is 24.0 Å². The first-order valence-electron chi connectivity index (χ1n) is 10.1. The van der Waals surface area contributed by atoms with Gasteiger partial charge in [0.15, 0.2) is 10.9 Å². The van der Waals surface area contributed by atoms with Crippen LogP contribution in [0.4, 0.5) is 5.69 Å². The maximum atomic E-state index is 13.1. The number of fused-ring (bicyclic) bond motifs is 3. The van der Waals surface area contributed by atoms with Gasteiger partial charge in [-0.05, 0) is 24.5 Å². The van der Waals surface area contributed by atoms with Crippen molar-refractivity contribution in [2.24, 2.45) is 5.92 Å². The number of para-hydroxylation sites is 1. The third-order valence-electron chi connectivity index (χ3n) is 5.12. The average molecular weight is 452 g/mol. The average Bonchev–Trinajstić information content (AvgIpc) is 3.21. The summed E-state index contributed by atoms with van der Waals surface area (Å²) >= 11 is 1.18. The largest absolute Gasteiger partial charge is 0.293 e. The first-order valence-corrected chi connectivity index (χ1v) is 11.1. The van der Waals surface area contributed by atoms with Crippen molar-refractivity contribution in [2.75, 3.05) is 5.75 Å². The predicted octanol–water partition coefficient (Wildman–Crippen LogP) is 3.97. The molecular weight excluding hydrogens is 430 g/mol. The van der Waals surface area contributed by atoms with E-state index in [0.29, 0.717) is 34.3 Å². The molecule has 0 radical (unpaired) electrons. The minimum Gasteiger partial charge on any atom is -0.293 e. The van der Waals surface area contributed by atoms with E-state index in [1.54, 1.807) is 21.1 Å². The summed E-state index contributed by atoms with van der Waals surface area (Å²) in [7, 11) is 0. The minimum atomic E-state index is -0.529. The fourth-order valence-corrected chi connectivity index (χ4v) is 4.26. The van der Waals surface area contributed by atoms with E-state index in [0.717, 1.165) is 6.42 Å². The van der Waals surface area contributed by atoms with Crippen LogP contribution in [0.25, 0.3) is 16.7 Å². The Morgan fingerprint density at radius 3 is 2.69 bits per heavy atom. The van der Waals surface area contributed by atoms with Crippen molar-refractivity contribution in [1.82, 2.24) is 19.2 Å². The third kappa shape index (κ3) is 4.13. The number of benzene rings is 2. The third-order valence-corrected chi connectivity index (χ3v) is 6.05. The number of nitrogens with zero attached hydrogens (tertiary/aromatic N) is 5. The summed E-state index contributed by atoms with van der Waals surface area (Å²) in [5.74, 6) is 0.617. The Kier molecular flexibility index (Phi) is 6.04. The number of hydrogen-bond donors (Lipinski definition) is 0. The lowest BCUT2D eigenvalue weighted by atomic mass is 10.1. The maximum absolute atomic E-state index is 13.1. The van der Waals surface area contributed by atoms with Crippen LogP contribution in [0.2, 0.25) is 0 Å². The number of thioether (sulfide) groups is 1. The SMILES string of the molecule is CC(C)CCn1c(=O)c2ccccc2n2c(SCC(=O)c3cccc([N+](=O)[O-])c3)nnc12. The van der Waals surface area contributed by atoms with Crippen molar-refractivity contribution in [2.45, 2.75) is 32.0 Å². The van der Waals surface area contributed by atoms with Gasteiger partial charge in [-0.3, -0.25) is 28.7 Å².